The number of thiophene rings is 1. The van der Waals surface area contributed by atoms with Gasteiger partial charge in [-0.25, -0.2) is 0 Å². The van der Waals surface area contributed by atoms with E-state index in [2.05, 4.69) is 16.4 Å². The van der Waals surface area contributed by atoms with Crippen LogP contribution in [0.15, 0.2) is 40.5 Å². The molecule has 110 valence electrons. The van der Waals surface area contributed by atoms with Gasteiger partial charge >= 0.3 is 0 Å². The summed E-state index contributed by atoms with van der Waals surface area (Å²) >= 11 is 1.67. The van der Waals surface area contributed by atoms with Gasteiger partial charge in [-0.2, -0.15) is 0 Å². The predicted molar refractivity (Wildman–Crippen MR) is 83.5 cm³/mol. The van der Waals surface area contributed by atoms with Gasteiger partial charge in [-0.1, -0.05) is 25.0 Å². The number of hydrogen-bond acceptors (Lipinski definition) is 3. The monoisotopic (exact) mass is 302 g/mol. The number of amides is 1. The molecule has 5 heteroatoms. The molecule has 4 nitrogen and oxygen atoms in total. The zero-order chi connectivity index (χ0) is 14.7. The number of aromatic nitrogens is 1. The first-order valence-electron chi connectivity index (χ1n) is 7.27. The van der Waals surface area contributed by atoms with E-state index in [0.29, 0.717) is 11.6 Å². The number of pyridine rings is 1. The van der Waals surface area contributed by atoms with Gasteiger partial charge in [-0.05, 0) is 36.3 Å². The van der Waals surface area contributed by atoms with E-state index in [1.165, 1.54) is 23.8 Å². The molecule has 2 aromatic rings. The van der Waals surface area contributed by atoms with Crippen molar-refractivity contribution >= 4 is 17.2 Å². The molecule has 0 aliphatic heterocycles. The fourth-order valence-corrected chi connectivity index (χ4v) is 3.85. The highest BCUT2D eigenvalue weighted by atomic mass is 32.1. The van der Waals surface area contributed by atoms with E-state index < -0.39 is 0 Å². The Morgan fingerprint density at radius 3 is 2.71 bits per heavy atom. The van der Waals surface area contributed by atoms with Gasteiger partial charge in [0.15, 0.2) is 0 Å². The number of aromatic amines is 1. The third-order valence-corrected chi connectivity index (χ3v) is 4.98. The predicted octanol–water partition coefficient (Wildman–Crippen LogP) is 3.10. The van der Waals surface area contributed by atoms with Crippen LogP contribution in [0.25, 0.3) is 0 Å². The number of hydrogen-bond donors (Lipinski definition) is 2. The van der Waals surface area contributed by atoms with Gasteiger partial charge in [-0.3, -0.25) is 9.59 Å². The smallest absolute Gasteiger partial charge is 0.268 e. The van der Waals surface area contributed by atoms with Crippen LogP contribution in [-0.4, -0.2) is 10.9 Å². The van der Waals surface area contributed by atoms with Crippen LogP contribution in [-0.2, 0) is 0 Å². The van der Waals surface area contributed by atoms with Crippen molar-refractivity contribution in [3.63, 3.8) is 0 Å². The molecular formula is C16H18N2O2S. The largest absolute Gasteiger partial charge is 0.343 e. The van der Waals surface area contributed by atoms with Crippen molar-refractivity contribution in [3.05, 3.63) is 56.6 Å². The molecule has 0 bridgehead atoms. The maximum absolute atomic E-state index is 12.4. The Morgan fingerprint density at radius 1 is 1.24 bits per heavy atom. The van der Waals surface area contributed by atoms with E-state index in [4.69, 9.17) is 0 Å². The van der Waals surface area contributed by atoms with Crippen molar-refractivity contribution in [1.29, 1.82) is 0 Å². The first-order chi connectivity index (χ1) is 10.2. The van der Waals surface area contributed by atoms with Gasteiger partial charge in [0.25, 0.3) is 5.91 Å². The van der Waals surface area contributed by atoms with E-state index in [1.807, 2.05) is 11.4 Å². The van der Waals surface area contributed by atoms with Gasteiger partial charge in [-0.15, -0.1) is 11.3 Å². The zero-order valence-corrected chi connectivity index (χ0v) is 12.5. The van der Waals surface area contributed by atoms with Crippen molar-refractivity contribution in [2.24, 2.45) is 5.92 Å². The maximum Gasteiger partial charge on any atom is 0.268 e. The highest BCUT2D eigenvalue weighted by Gasteiger charge is 2.28. The number of nitrogens with one attached hydrogen (secondary N) is 2. The minimum Gasteiger partial charge on any atom is -0.343 e. The molecule has 0 spiro atoms. The Morgan fingerprint density at radius 2 is 2.05 bits per heavy atom. The molecule has 1 atom stereocenters. The van der Waals surface area contributed by atoms with E-state index in [0.717, 1.165) is 12.8 Å². The van der Waals surface area contributed by atoms with Crippen molar-refractivity contribution < 1.29 is 4.79 Å². The summed E-state index contributed by atoms with van der Waals surface area (Å²) in [7, 11) is 0. The quantitative estimate of drug-likeness (QED) is 0.911. The minimum atomic E-state index is -0.254. The third-order valence-electron chi connectivity index (χ3n) is 4.02. The third kappa shape index (κ3) is 3.24. The van der Waals surface area contributed by atoms with Gasteiger partial charge in [0.1, 0.15) is 5.69 Å². The van der Waals surface area contributed by atoms with E-state index in [-0.39, 0.29) is 17.5 Å². The van der Waals surface area contributed by atoms with Crippen LogP contribution >= 0.6 is 11.3 Å². The van der Waals surface area contributed by atoms with Gasteiger partial charge < -0.3 is 10.3 Å². The SMILES string of the molecule is O=C(NC(c1cccs1)C1CCCC1)c1cccc(=O)[nH]1. The number of rotatable bonds is 4. The fourth-order valence-electron chi connectivity index (χ4n) is 2.98. The lowest BCUT2D eigenvalue weighted by Gasteiger charge is -2.23. The highest BCUT2D eigenvalue weighted by molar-refractivity contribution is 7.10. The summed E-state index contributed by atoms with van der Waals surface area (Å²) in [6, 6.07) is 8.77. The van der Waals surface area contributed by atoms with Crippen LogP contribution in [0, 0.1) is 5.92 Å². The topological polar surface area (TPSA) is 62.0 Å². The summed E-state index contributed by atoms with van der Waals surface area (Å²) in [5, 5.41) is 5.14. The van der Waals surface area contributed by atoms with Crippen molar-refractivity contribution in [2.75, 3.05) is 0 Å². The van der Waals surface area contributed by atoms with Crippen molar-refractivity contribution in [1.82, 2.24) is 10.3 Å². The van der Waals surface area contributed by atoms with Crippen molar-refractivity contribution in [3.8, 4) is 0 Å². The van der Waals surface area contributed by atoms with Crippen LogP contribution in [0.2, 0.25) is 0 Å². The Hall–Kier alpha value is -1.88. The number of carbonyl (C=O) groups is 1. The molecule has 1 saturated carbocycles. The number of H-pyrrole nitrogens is 1. The molecule has 1 aliphatic rings. The standard InChI is InChI=1S/C16H18N2O2S/c19-14-9-3-7-12(17-14)16(20)18-15(11-5-1-2-6-11)13-8-4-10-21-13/h3-4,7-11,15H,1-2,5-6H2,(H,17,19)(H,18,20). The lowest BCUT2D eigenvalue weighted by Crippen LogP contribution is -2.33. The molecule has 1 amide bonds. The Balaban J connectivity index is 1.81. The lowest BCUT2D eigenvalue weighted by molar-refractivity contribution is 0.0917. The average Bonchev–Trinajstić information content (AvgIpc) is 3.18. The fraction of sp³-hybridized carbons (Fsp3) is 0.375. The van der Waals surface area contributed by atoms with Crippen LogP contribution in [0.5, 0.6) is 0 Å². The van der Waals surface area contributed by atoms with E-state index >= 15 is 0 Å². The summed E-state index contributed by atoms with van der Waals surface area (Å²) in [6.45, 7) is 0. The Kier molecular flexibility index (Phi) is 4.20. The van der Waals surface area contributed by atoms with E-state index in [9.17, 15) is 9.59 Å². The molecule has 2 aromatic heterocycles. The first kappa shape index (κ1) is 14.1. The van der Waals surface area contributed by atoms with Gasteiger partial charge in [0.2, 0.25) is 5.56 Å². The molecule has 1 aliphatic carbocycles. The molecule has 21 heavy (non-hydrogen) atoms. The molecule has 0 aromatic carbocycles. The van der Waals surface area contributed by atoms with Crippen LogP contribution in [0.4, 0.5) is 0 Å². The van der Waals surface area contributed by atoms with Crippen molar-refractivity contribution in [2.45, 2.75) is 31.7 Å². The molecule has 0 radical (unpaired) electrons. The first-order valence-corrected chi connectivity index (χ1v) is 8.15. The summed E-state index contributed by atoms with van der Waals surface area (Å²) in [6.07, 6.45) is 4.75. The summed E-state index contributed by atoms with van der Waals surface area (Å²) < 4.78 is 0. The molecule has 2 N–H and O–H groups in total. The highest BCUT2D eigenvalue weighted by Crippen LogP contribution is 2.37. The molecule has 0 saturated heterocycles. The minimum absolute atomic E-state index is 0.0451. The second-order valence-electron chi connectivity index (χ2n) is 5.44. The molecular weight excluding hydrogens is 284 g/mol. The second kappa shape index (κ2) is 6.26. The van der Waals surface area contributed by atoms with E-state index in [1.54, 1.807) is 23.5 Å². The molecule has 2 heterocycles. The Labute approximate surface area is 127 Å². The van der Waals surface area contributed by atoms with Crippen LogP contribution < -0.4 is 10.9 Å². The van der Waals surface area contributed by atoms with Crippen LogP contribution in [0.3, 0.4) is 0 Å². The molecule has 1 unspecified atom stereocenters. The summed E-state index contributed by atoms with van der Waals surface area (Å²) in [4.78, 5) is 27.5. The summed E-state index contributed by atoms with van der Waals surface area (Å²) in [5.74, 6) is 0.279. The normalized spacial score (nSPS) is 16.8. The van der Waals surface area contributed by atoms with Gasteiger partial charge in [0.05, 0.1) is 6.04 Å². The maximum atomic E-state index is 12.4. The second-order valence-corrected chi connectivity index (χ2v) is 6.42. The van der Waals surface area contributed by atoms with Crippen LogP contribution in [0.1, 0.15) is 47.1 Å². The lowest BCUT2D eigenvalue weighted by atomic mass is 9.96. The number of carbonyl (C=O) groups excluding carboxylic acids is 1. The molecule has 1 fully saturated rings. The Bertz CT molecular complexity index is 657. The van der Waals surface area contributed by atoms with Gasteiger partial charge in [0, 0.05) is 10.9 Å². The zero-order valence-electron chi connectivity index (χ0n) is 11.7. The summed E-state index contributed by atoms with van der Waals surface area (Å²) in [5.41, 5.74) is 0.0678. The average molecular weight is 302 g/mol. The molecule has 3 rings (SSSR count).